The van der Waals surface area contributed by atoms with Crippen LogP contribution in [0.5, 0.6) is 5.75 Å². The van der Waals surface area contributed by atoms with Gasteiger partial charge in [-0.25, -0.2) is 0 Å². The van der Waals surface area contributed by atoms with Crippen LogP contribution in [0.2, 0.25) is 0 Å². The topological polar surface area (TPSA) is 33.0 Å². The zero-order chi connectivity index (χ0) is 11.0. The summed E-state index contributed by atoms with van der Waals surface area (Å²) < 4.78 is 5.64. The van der Waals surface area contributed by atoms with E-state index in [1.54, 1.807) is 0 Å². The molecule has 0 radical (unpaired) electrons. The highest BCUT2D eigenvalue weighted by atomic mass is 16.5. The van der Waals surface area contributed by atoms with Crippen LogP contribution in [0.3, 0.4) is 0 Å². The van der Waals surface area contributed by atoms with E-state index in [-0.39, 0.29) is 0 Å². The van der Waals surface area contributed by atoms with E-state index in [0.717, 1.165) is 22.4 Å². The minimum absolute atomic E-state index is 0.581. The Balaban J connectivity index is 2.35. The van der Waals surface area contributed by atoms with Gasteiger partial charge in [0.1, 0.15) is 12.4 Å². The van der Waals surface area contributed by atoms with Crippen LogP contribution in [-0.4, -0.2) is 0 Å². The standard InChI is InChI=1S/C14H9NO/c15-8-10-5-3-7-13-14(10)12-6-2-1-4-11(12)9-16-13/h1-7H,9H2. The molecule has 76 valence electrons. The zero-order valence-corrected chi connectivity index (χ0v) is 8.60. The Morgan fingerprint density at radius 2 is 1.94 bits per heavy atom. The second-order valence-electron chi connectivity index (χ2n) is 3.74. The van der Waals surface area contributed by atoms with Crippen LogP contribution in [-0.2, 0) is 6.61 Å². The molecule has 0 fully saturated rings. The van der Waals surface area contributed by atoms with Crippen LogP contribution < -0.4 is 4.74 Å². The van der Waals surface area contributed by atoms with Crippen molar-refractivity contribution in [2.45, 2.75) is 6.61 Å². The number of rotatable bonds is 0. The first-order valence-corrected chi connectivity index (χ1v) is 5.14. The fourth-order valence-corrected chi connectivity index (χ4v) is 2.07. The molecule has 0 bridgehead atoms. The number of benzene rings is 2. The summed E-state index contributed by atoms with van der Waals surface area (Å²) in [7, 11) is 0. The lowest BCUT2D eigenvalue weighted by molar-refractivity contribution is 0.302. The lowest BCUT2D eigenvalue weighted by Crippen LogP contribution is -2.06. The quantitative estimate of drug-likeness (QED) is 0.665. The van der Waals surface area contributed by atoms with E-state index >= 15 is 0 Å². The summed E-state index contributed by atoms with van der Waals surface area (Å²) >= 11 is 0. The fourth-order valence-electron chi connectivity index (χ4n) is 2.07. The summed E-state index contributed by atoms with van der Waals surface area (Å²) in [4.78, 5) is 0. The Morgan fingerprint density at radius 1 is 1.06 bits per heavy atom. The van der Waals surface area contributed by atoms with Crippen molar-refractivity contribution in [1.82, 2.24) is 0 Å². The van der Waals surface area contributed by atoms with Crippen LogP contribution in [0, 0.1) is 11.3 Å². The van der Waals surface area contributed by atoms with E-state index in [4.69, 9.17) is 10.00 Å². The first kappa shape index (κ1) is 8.99. The Morgan fingerprint density at radius 3 is 2.81 bits per heavy atom. The maximum absolute atomic E-state index is 9.11. The highest BCUT2D eigenvalue weighted by molar-refractivity contribution is 5.80. The van der Waals surface area contributed by atoms with Gasteiger partial charge in [-0.2, -0.15) is 5.26 Å². The lowest BCUT2D eigenvalue weighted by Gasteiger charge is -2.21. The Hall–Kier alpha value is -2.27. The number of fused-ring (bicyclic) bond motifs is 3. The van der Waals surface area contributed by atoms with Gasteiger partial charge in [0, 0.05) is 5.56 Å². The smallest absolute Gasteiger partial charge is 0.128 e. The highest BCUT2D eigenvalue weighted by Gasteiger charge is 2.19. The van der Waals surface area contributed by atoms with Gasteiger partial charge in [-0.05, 0) is 23.3 Å². The molecule has 2 aromatic carbocycles. The maximum atomic E-state index is 9.11. The van der Waals surface area contributed by atoms with E-state index < -0.39 is 0 Å². The minimum Gasteiger partial charge on any atom is -0.488 e. The number of nitriles is 1. The highest BCUT2D eigenvalue weighted by Crippen LogP contribution is 2.39. The molecule has 0 amide bonds. The number of hydrogen-bond donors (Lipinski definition) is 0. The molecule has 16 heavy (non-hydrogen) atoms. The summed E-state index contributed by atoms with van der Waals surface area (Å²) in [5, 5.41) is 9.11. The second-order valence-corrected chi connectivity index (χ2v) is 3.74. The summed E-state index contributed by atoms with van der Waals surface area (Å²) in [6.07, 6.45) is 0. The van der Waals surface area contributed by atoms with Gasteiger partial charge in [0.2, 0.25) is 0 Å². The van der Waals surface area contributed by atoms with Crippen LogP contribution in [0.1, 0.15) is 11.1 Å². The van der Waals surface area contributed by atoms with Crippen molar-refractivity contribution in [3.05, 3.63) is 53.6 Å². The van der Waals surface area contributed by atoms with Gasteiger partial charge in [-0.15, -0.1) is 0 Å². The Kier molecular flexibility index (Phi) is 1.91. The number of ether oxygens (including phenoxy) is 1. The normalized spacial score (nSPS) is 11.9. The second kappa shape index (κ2) is 3.39. The molecule has 0 unspecified atom stereocenters. The molecule has 0 aromatic heterocycles. The van der Waals surface area contributed by atoms with Crippen LogP contribution in [0.4, 0.5) is 0 Å². The molecule has 1 aliphatic rings. The van der Waals surface area contributed by atoms with Crippen molar-refractivity contribution >= 4 is 0 Å². The van der Waals surface area contributed by atoms with Gasteiger partial charge in [-0.1, -0.05) is 30.3 Å². The minimum atomic E-state index is 0.581. The lowest BCUT2D eigenvalue weighted by atomic mass is 9.93. The molecule has 2 aromatic rings. The molecule has 2 nitrogen and oxygen atoms in total. The molecular weight excluding hydrogens is 198 g/mol. The predicted molar refractivity (Wildman–Crippen MR) is 60.9 cm³/mol. The molecule has 2 heteroatoms. The molecule has 0 saturated heterocycles. The van der Waals surface area contributed by atoms with E-state index in [2.05, 4.69) is 6.07 Å². The maximum Gasteiger partial charge on any atom is 0.128 e. The predicted octanol–water partition coefficient (Wildman–Crippen LogP) is 3.12. The van der Waals surface area contributed by atoms with Gasteiger partial charge < -0.3 is 4.74 Å². The van der Waals surface area contributed by atoms with Crippen molar-refractivity contribution in [3.63, 3.8) is 0 Å². The van der Waals surface area contributed by atoms with Crippen molar-refractivity contribution in [3.8, 4) is 22.9 Å². The largest absolute Gasteiger partial charge is 0.488 e. The molecule has 1 aliphatic heterocycles. The molecule has 0 saturated carbocycles. The van der Waals surface area contributed by atoms with Gasteiger partial charge in [-0.3, -0.25) is 0 Å². The van der Waals surface area contributed by atoms with E-state index in [1.807, 2.05) is 42.5 Å². The summed E-state index contributed by atoms with van der Waals surface area (Å²) in [5.74, 6) is 0.803. The molecule has 0 atom stereocenters. The molecule has 1 heterocycles. The van der Waals surface area contributed by atoms with Gasteiger partial charge in [0.15, 0.2) is 0 Å². The summed E-state index contributed by atoms with van der Waals surface area (Å²) in [6.45, 7) is 0.581. The summed E-state index contributed by atoms with van der Waals surface area (Å²) in [6, 6.07) is 15.9. The van der Waals surface area contributed by atoms with Crippen molar-refractivity contribution in [2.24, 2.45) is 0 Å². The third kappa shape index (κ3) is 1.19. The molecular formula is C14H9NO. The van der Waals surface area contributed by atoms with Crippen molar-refractivity contribution < 1.29 is 4.74 Å². The first-order valence-electron chi connectivity index (χ1n) is 5.14. The molecule has 0 N–H and O–H groups in total. The van der Waals surface area contributed by atoms with Gasteiger partial charge in [0.05, 0.1) is 11.6 Å². The first-order chi connectivity index (χ1) is 7.90. The molecule has 3 rings (SSSR count). The number of nitrogens with zero attached hydrogens (tertiary/aromatic N) is 1. The van der Waals surface area contributed by atoms with E-state index in [0.29, 0.717) is 12.2 Å². The summed E-state index contributed by atoms with van der Waals surface area (Å²) in [5.41, 5.74) is 3.84. The molecule has 0 aliphatic carbocycles. The third-order valence-corrected chi connectivity index (χ3v) is 2.82. The third-order valence-electron chi connectivity index (χ3n) is 2.82. The van der Waals surface area contributed by atoms with Gasteiger partial charge in [0.25, 0.3) is 0 Å². The van der Waals surface area contributed by atoms with Gasteiger partial charge >= 0.3 is 0 Å². The zero-order valence-electron chi connectivity index (χ0n) is 8.60. The van der Waals surface area contributed by atoms with E-state index in [9.17, 15) is 0 Å². The SMILES string of the molecule is N#Cc1cccc2c1-c1ccccc1CO2. The van der Waals surface area contributed by atoms with Crippen molar-refractivity contribution in [2.75, 3.05) is 0 Å². The Labute approximate surface area is 93.7 Å². The number of hydrogen-bond acceptors (Lipinski definition) is 2. The van der Waals surface area contributed by atoms with Crippen LogP contribution >= 0.6 is 0 Å². The van der Waals surface area contributed by atoms with Crippen molar-refractivity contribution in [1.29, 1.82) is 5.26 Å². The average Bonchev–Trinajstić information content (AvgIpc) is 2.37. The molecule has 0 spiro atoms. The average molecular weight is 207 g/mol. The van der Waals surface area contributed by atoms with Crippen LogP contribution in [0.15, 0.2) is 42.5 Å². The van der Waals surface area contributed by atoms with Crippen LogP contribution in [0.25, 0.3) is 11.1 Å². The monoisotopic (exact) mass is 207 g/mol. The van der Waals surface area contributed by atoms with E-state index in [1.165, 1.54) is 0 Å². The fraction of sp³-hybridized carbons (Fsp3) is 0.0714. The Bertz CT molecular complexity index is 596.